The molecule has 1 aromatic heterocycles. The van der Waals surface area contributed by atoms with Crippen molar-refractivity contribution in [3.05, 3.63) is 54.1 Å². The number of amides is 1. The van der Waals surface area contributed by atoms with E-state index >= 15 is 0 Å². The molecule has 1 aliphatic heterocycles. The highest BCUT2D eigenvalue weighted by molar-refractivity contribution is 7.89. The molecule has 1 saturated heterocycles. The number of nitrogens with zero attached hydrogens (tertiary/aromatic N) is 4. The van der Waals surface area contributed by atoms with Crippen LogP contribution in [0, 0.1) is 5.92 Å². The maximum Gasteiger partial charge on any atom is 0.243 e. The van der Waals surface area contributed by atoms with Crippen LogP contribution in [-0.2, 0) is 21.4 Å². The van der Waals surface area contributed by atoms with E-state index in [1.54, 1.807) is 18.2 Å². The molecule has 170 valence electrons. The molecule has 1 N–H and O–H groups in total. The lowest BCUT2D eigenvalue weighted by molar-refractivity contribution is -0.126. The molecule has 8 nitrogen and oxygen atoms in total. The Hall–Kier alpha value is -2.78. The fraction of sp³-hybridized carbons (Fsp3) is 0.435. The molecule has 3 aromatic rings. The Bertz CT molecular complexity index is 1180. The number of benzene rings is 2. The number of hydrogen-bond acceptors (Lipinski definition) is 5. The fourth-order valence-electron chi connectivity index (χ4n) is 4.02. The summed E-state index contributed by atoms with van der Waals surface area (Å²) in [5.74, 6) is -0.197. The van der Waals surface area contributed by atoms with Crippen LogP contribution in [0.2, 0.25) is 0 Å². The van der Waals surface area contributed by atoms with Crippen molar-refractivity contribution in [2.24, 2.45) is 5.92 Å². The zero-order chi connectivity index (χ0) is 22.7. The second-order valence-corrected chi connectivity index (χ2v) is 10.3. The summed E-state index contributed by atoms with van der Waals surface area (Å²) in [4.78, 5) is 12.7. The van der Waals surface area contributed by atoms with Gasteiger partial charge in [0.2, 0.25) is 15.9 Å². The topological polar surface area (TPSA) is 97.2 Å². The molecule has 2 aromatic carbocycles. The maximum absolute atomic E-state index is 13.2. The third kappa shape index (κ3) is 4.54. The molecule has 0 saturated carbocycles. The van der Waals surface area contributed by atoms with Crippen LogP contribution in [-0.4, -0.2) is 46.7 Å². The number of carbonyl (C=O) groups is 1. The lowest BCUT2D eigenvalue weighted by atomic mass is 9.97. The van der Waals surface area contributed by atoms with Crippen molar-refractivity contribution in [1.29, 1.82) is 0 Å². The van der Waals surface area contributed by atoms with Crippen LogP contribution in [0.25, 0.3) is 11.0 Å². The predicted octanol–water partition coefficient (Wildman–Crippen LogP) is 3.12. The smallest absolute Gasteiger partial charge is 0.243 e. The molecular weight excluding hydrogens is 426 g/mol. The first-order valence-corrected chi connectivity index (χ1v) is 12.5. The molecule has 1 atom stereocenters. The van der Waals surface area contributed by atoms with Crippen LogP contribution in [0.1, 0.15) is 44.7 Å². The molecular formula is C23H29N5O3S. The van der Waals surface area contributed by atoms with Crippen molar-refractivity contribution in [3.8, 4) is 0 Å². The number of hydrogen-bond donors (Lipinski definition) is 1. The van der Waals surface area contributed by atoms with Crippen LogP contribution in [0.5, 0.6) is 0 Å². The largest absolute Gasteiger partial charge is 0.352 e. The number of aromatic nitrogens is 3. The van der Waals surface area contributed by atoms with Gasteiger partial charge in [0, 0.05) is 25.6 Å². The van der Waals surface area contributed by atoms with Crippen molar-refractivity contribution < 1.29 is 13.2 Å². The van der Waals surface area contributed by atoms with E-state index in [0.717, 1.165) is 17.5 Å². The standard InChI is InChI=1S/C23H29N5O3S/c1-3-17(2)28-22-10-9-20(15-21(22)25-26-28)32(30,31)27-13-11-19(12-14-27)23(29)24-16-18-7-5-4-6-8-18/h4-10,15,17,19H,3,11-14,16H2,1-2H3,(H,24,29). The van der Waals surface area contributed by atoms with Crippen LogP contribution < -0.4 is 5.32 Å². The van der Waals surface area contributed by atoms with E-state index in [2.05, 4.69) is 29.5 Å². The molecule has 1 fully saturated rings. The molecule has 1 aliphatic rings. The molecule has 2 heterocycles. The Morgan fingerprint density at radius 3 is 2.56 bits per heavy atom. The zero-order valence-electron chi connectivity index (χ0n) is 18.4. The van der Waals surface area contributed by atoms with E-state index in [4.69, 9.17) is 0 Å². The van der Waals surface area contributed by atoms with E-state index in [9.17, 15) is 13.2 Å². The van der Waals surface area contributed by atoms with Crippen molar-refractivity contribution >= 4 is 27.0 Å². The van der Waals surface area contributed by atoms with Crippen LogP contribution >= 0.6 is 0 Å². The Morgan fingerprint density at radius 2 is 1.88 bits per heavy atom. The quantitative estimate of drug-likeness (QED) is 0.590. The summed E-state index contributed by atoms with van der Waals surface area (Å²) in [7, 11) is -3.65. The van der Waals surface area contributed by atoms with E-state index in [1.807, 2.05) is 35.0 Å². The lowest BCUT2D eigenvalue weighted by Gasteiger charge is -2.30. The molecule has 32 heavy (non-hydrogen) atoms. The summed E-state index contributed by atoms with van der Waals surface area (Å²) >= 11 is 0. The summed E-state index contributed by atoms with van der Waals surface area (Å²) in [6, 6.07) is 14.9. The van der Waals surface area contributed by atoms with E-state index in [0.29, 0.717) is 38.0 Å². The fourth-order valence-corrected chi connectivity index (χ4v) is 5.51. The highest BCUT2D eigenvalue weighted by Crippen LogP contribution is 2.27. The van der Waals surface area contributed by atoms with Gasteiger partial charge in [-0.15, -0.1) is 5.10 Å². The summed E-state index contributed by atoms with van der Waals surface area (Å²) in [6.45, 7) is 5.25. The van der Waals surface area contributed by atoms with Crippen LogP contribution in [0.15, 0.2) is 53.4 Å². The minimum Gasteiger partial charge on any atom is -0.352 e. The van der Waals surface area contributed by atoms with Gasteiger partial charge < -0.3 is 5.32 Å². The van der Waals surface area contributed by atoms with Crippen molar-refractivity contribution in [1.82, 2.24) is 24.6 Å². The number of piperidine rings is 1. The number of sulfonamides is 1. The van der Waals surface area contributed by atoms with Gasteiger partial charge in [-0.25, -0.2) is 13.1 Å². The SMILES string of the molecule is CCC(C)n1nnc2cc(S(=O)(=O)N3CCC(C(=O)NCc4ccccc4)CC3)ccc21. The molecule has 0 aliphatic carbocycles. The number of nitrogens with one attached hydrogen (secondary N) is 1. The summed E-state index contributed by atoms with van der Waals surface area (Å²) in [5, 5.41) is 11.3. The first kappa shape index (κ1) is 22.4. The number of fused-ring (bicyclic) bond motifs is 1. The molecule has 0 spiro atoms. The highest BCUT2D eigenvalue weighted by atomic mass is 32.2. The number of carbonyl (C=O) groups excluding carboxylic acids is 1. The highest BCUT2D eigenvalue weighted by Gasteiger charge is 2.32. The average molecular weight is 456 g/mol. The van der Waals surface area contributed by atoms with Gasteiger partial charge >= 0.3 is 0 Å². The third-order valence-corrected chi connectivity index (χ3v) is 8.12. The van der Waals surface area contributed by atoms with Crippen molar-refractivity contribution in [3.63, 3.8) is 0 Å². The summed E-state index contributed by atoms with van der Waals surface area (Å²) in [6.07, 6.45) is 1.92. The van der Waals surface area contributed by atoms with Gasteiger partial charge in [0.1, 0.15) is 5.52 Å². The number of rotatable bonds is 7. The van der Waals surface area contributed by atoms with E-state index in [-0.39, 0.29) is 22.8 Å². The van der Waals surface area contributed by atoms with Gasteiger partial charge in [-0.1, -0.05) is 42.5 Å². The molecule has 0 radical (unpaired) electrons. The zero-order valence-corrected chi connectivity index (χ0v) is 19.3. The average Bonchev–Trinajstić information content (AvgIpc) is 3.26. The minimum absolute atomic E-state index is 0.0195. The second-order valence-electron chi connectivity index (χ2n) is 8.32. The van der Waals surface area contributed by atoms with Crippen LogP contribution in [0.4, 0.5) is 0 Å². The summed E-state index contributed by atoms with van der Waals surface area (Å²) in [5.41, 5.74) is 2.44. The monoisotopic (exact) mass is 455 g/mol. The van der Waals surface area contributed by atoms with Gasteiger partial charge in [0.15, 0.2) is 0 Å². The van der Waals surface area contributed by atoms with E-state index in [1.165, 1.54) is 4.31 Å². The molecule has 1 unspecified atom stereocenters. The Kier molecular flexibility index (Phi) is 6.57. The Morgan fingerprint density at radius 1 is 1.16 bits per heavy atom. The summed E-state index contributed by atoms with van der Waals surface area (Å²) < 4.78 is 29.7. The maximum atomic E-state index is 13.2. The predicted molar refractivity (Wildman–Crippen MR) is 122 cm³/mol. The first-order valence-electron chi connectivity index (χ1n) is 11.1. The lowest BCUT2D eigenvalue weighted by Crippen LogP contribution is -2.42. The Balaban J connectivity index is 1.39. The van der Waals surface area contributed by atoms with Gasteiger partial charge in [-0.3, -0.25) is 4.79 Å². The van der Waals surface area contributed by atoms with Gasteiger partial charge in [-0.05, 0) is 49.9 Å². The normalized spacial score (nSPS) is 16.8. The van der Waals surface area contributed by atoms with Crippen molar-refractivity contribution in [2.45, 2.75) is 50.6 Å². The molecule has 9 heteroatoms. The van der Waals surface area contributed by atoms with E-state index < -0.39 is 10.0 Å². The molecule has 1 amide bonds. The molecule has 0 bridgehead atoms. The second kappa shape index (κ2) is 9.38. The Labute approximate surface area is 188 Å². The van der Waals surface area contributed by atoms with Crippen LogP contribution in [0.3, 0.4) is 0 Å². The van der Waals surface area contributed by atoms with Gasteiger partial charge in [0.25, 0.3) is 0 Å². The third-order valence-electron chi connectivity index (χ3n) is 6.22. The van der Waals surface area contributed by atoms with Gasteiger partial charge in [-0.2, -0.15) is 4.31 Å². The first-order chi connectivity index (χ1) is 15.4. The molecule has 4 rings (SSSR count). The minimum atomic E-state index is -3.65. The van der Waals surface area contributed by atoms with Crippen molar-refractivity contribution in [2.75, 3.05) is 13.1 Å². The van der Waals surface area contributed by atoms with Gasteiger partial charge in [0.05, 0.1) is 16.5 Å².